The number of benzene rings is 2. The van der Waals surface area contributed by atoms with Crippen molar-refractivity contribution in [3.63, 3.8) is 0 Å². The van der Waals surface area contributed by atoms with Crippen LogP contribution in [-0.2, 0) is 6.42 Å². The molecule has 0 bridgehead atoms. The number of hydrogen-bond acceptors (Lipinski definition) is 7. The second kappa shape index (κ2) is 7.40. The largest absolute Gasteiger partial charge is 0.493 e. The fourth-order valence-electron chi connectivity index (χ4n) is 2.39. The van der Waals surface area contributed by atoms with E-state index in [0.717, 1.165) is 10.8 Å². The van der Waals surface area contributed by atoms with Gasteiger partial charge in [0.15, 0.2) is 11.5 Å². The number of nitrogens with one attached hydrogen (secondary N) is 1. The van der Waals surface area contributed by atoms with Gasteiger partial charge in [0.1, 0.15) is 10.8 Å². The molecule has 8 heteroatoms. The minimum absolute atomic E-state index is 0.172. The number of hydrogen-bond donors (Lipinski definition) is 1. The summed E-state index contributed by atoms with van der Waals surface area (Å²) in [4.78, 5) is 12.3. The van der Waals surface area contributed by atoms with Crippen LogP contribution in [0.25, 0.3) is 0 Å². The minimum Gasteiger partial charge on any atom is -0.493 e. The first kappa shape index (κ1) is 16.3. The van der Waals surface area contributed by atoms with Crippen molar-refractivity contribution in [2.75, 3.05) is 18.7 Å². The summed E-state index contributed by atoms with van der Waals surface area (Å²) in [5, 5.41) is 12.1. The summed E-state index contributed by atoms with van der Waals surface area (Å²) in [6.45, 7) is 0.667. The van der Waals surface area contributed by atoms with E-state index in [2.05, 4.69) is 15.5 Å². The fourth-order valence-corrected chi connectivity index (χ4v) is 3.10. The van der Waals surface area contributed by atoms with Crippen molar-refractivity contribution in [1.82, 2.24) is 10.2 Å². The molecule has 0 radical (unpaired) electrons. The van der Waals surface area contributed by atoms with Crippen molar-refractivity contribution in [2.45, 2.75) is 6.42 Å². The maximum absolute atomic E-state index is 12.3. The van der Waals surface area contributed by atoms with Crippen molar-refractivity contribution in [3.05, 3.63) is 59.1 Å². The Morgan fingerprint density at radius 2 is 1.96 bits per heavy atom. The van der Waals surface area contributed by atoms with Crippen molar-refractivity contribution >= 4 is 22.4 Å². The molecule has 132 valence electrons. The first-order chi connectivity index (χ1) is 12.8. The SMILES string of the molecule is O=C(Nc1nnc(CCOc2ccccc2)s1)c1ccc2c(c1)OCO2. The average Bonchev–Trinajstić information content (AvgIpc) is 3.31. The predicted molar refractivity (Wildman–Crippen MR) is 96.1 cm³/mol. The van der Waals surface area contributed by atoms with Crippen LogP contribution in [-0.4, -0.2) is 29.5 Å². The number of nitrogens with zero attached hydrogens (tertiary/aromatic N) is 2. The zero-order valence-electron chi connectivity index (χ0n) is 13.7. The number of carbonyl (C=O) groups is 1. The molecule has 0 saturated heterocycles. The van der Waals surface area contributed by atoms with Gasteiger partial charge in [0.25, 0.3) is 5.91 Å². The molecule has 3 aromatic rings. The van der Waals surface area contributed by atoms with E-state index in [4.69, 9.17) is 14.2 Å². The Morgan fingerprint density at radius 1 is 1.12 bits per heavy atom. The van der Waals surface area contributed by atoms with Gasteiger partial charge in [0.05, 0.1) is 6.61 Å². The van der Waals surface area contributed by atoms with E-state index in [1.165, 1.54) is 11.3 Å². The van der Waals surface area contributed by atoms with Gasteiger partial charge in [-0.1, -0.05) is 29.5 Å². The third kappa shape index (κ3) is 3.75. The maximum atomic E-state index is 12.3. The maximum Gasteiger partial charge on any atom is 0.257 e. The van der Waals surface area contributed by atoms with Crippen LogP contribution >= 0.6 is 11.3 Å². The highest BCUT2D eigenvalue weighted by atomic mass is 32.1. The normalized spacial score (nSPS) is 12.0. The van der Waals surface area contributed by atoms with Crippen LogP contribution in [0.2, 0.25) is 0 Å². The van der Waals surface area contributed by atoms with Crippen molar-refractivity contribution < 1.29 is 19.0 Å². The highest BCUT2D eigenvalue weighted by Crippen LogP contribution is 2.32. The Hall–Kier alpha value is -3.13. The number of carbonyl (C=O) groups excluding carboxylic acids is 1. The number of amides is 1. The lowest BCUT2D eigenvalue weighted by atomic mass is 10.2. The standard InChI is InChI=1S/C18H15N3O4S/c22-17(12-6-7-14-15(10-12)25-11-24-14)19-18-21-20-16(26-18)8-9-23-13-4-2-1-3-5-13/h1-7,10H,8-9,11H2,(H,19,21,22). The molecule has 0 atom stereocenters. The lowest BCUT2D eigenvalue weighted by molar-refractivity contribution is 0.102. The molecule has 0 unspecified atom stereocenters. The molecule has 0 spiro atoms. The van der Waals surface area contributed by atoms with Gasteiger partial charge >= 0.3 is 0 Å². The summed E-state index contributed by atoms with van der Waals surface area (Å²) in [6, 6.07) is 14.6. The number of rotatable bonds is 6. The summed E-state index contributed by atoms with van der Waals surface area (Å²) in [5.74, 6) is 1.74. The first-order valence-electron chi connectivity index (χ1n) is 7.99. The van der Waals surface area contributed by atoms with Gasteiger partial charge in [-0.15, -0.1) is 10.2 Å². The molecule has 1 aliphatic heterocycles. The Bertz CT molecular complexity index is 914. The van der Waals surface area contributed by atoms with E-state index in [9.17, 15) is 4.79 Å². The Kier molecular flexibility index (Phi) is 4.65. The van der Waals surface area contributed by atoms with E-state index < -0.39 is 0 Å². The van der Waals surface area contributed by atoms with Gasteiger partial charge < -0.3 is 14.2 Å². The predicted octanol–water partition coefficient (Wildman–Crippen LogP) is 3.14. The zero-order chi connectivity index (χ0) is 17.8. The van der Waals surface area contributed by atoms with Crippen LogP contribution in [0.15, 0.2) is 48.5 Å². The number of aromatic nitrogens is 2. The van der Waals surface area contributed by atoms with Crippen LogP contribution in [0.1, 0.15) is 15.4 Å². The zero-order valence-corrected chi connectivity index (χ0v) is 14.5. The van der Waals surface area contributed by atoms with E-state index in [1.54, 1.807) is 18.2 Å². The molecule has 0 fully saturated rings. The van der Waals surface area contributed by atoms with Gasteiger partial charge in [0, 0.05) is 12.0 Å². The van der Waals surface area contributed by atoms with Crippen molar-refractivity contribution in [3.8, 4) is 17.2 Å². The van der Waals surface area contributed by atoms with Gasteiger partial charge in [-0.25, -0.2) is 0 Å². The summed E-state index contributed by atoms with van der Waals surface area (Å²) in [6.07, 6.45) is 0.618. The molecule has 1 aromatic heterocycles. The quantitative estimate of drug-likeness (QED) is 0.719. The smallest absolute Gasteiger partial charge is 0.257 e. The lowest BCUT2D eigenvalue weighted by Crippen LogP contribution is -2.11. The van der Waals surface area contributed by atoms with E-state index in [-0.39, 0.29) is 12.7 Å². The highest BCUT2D eigenvalue weighted by molar-refractivity contribution is 7.15. The minimum atomic E-state index is -0.272. The van der Waals surface area contributed by atoms with E-state index in [0.29, 0.717) is 35.2 Å². The Labute approximate surface area is 153 Å². The third-order valence-corrected chi connectivity index (χ3v) is 4.55. The lowest BCUT2D eigenvalue weighted by Gasteiger charge is -2.03. The molecule has 1 N–H and O–H groups in total. The molecular formula is C18H15N3O4S. The van der Waals surface area contributed by atoms with Crippen molar-refractivity contribution in [2.24, 2.45) is 0 Å². The number of fused-ring (bicyclic) bond motifs is 1. The number of anilines is 1. The summed E-state index contributed by atoms with van der Waals surface area (Å²) in [7, 11) is 0. The van der Waals surface area contributed by atoms with Gasteiger partial charge in [-0.05, 0) is 30.3 Å². The second-order valence-corrected chi connectivity index (χ2v) is 6.50. The van der Waals surface area contributed by atoms with Crippen LogP contribution in [0.5, 0.6) is 17.2 Å². The Morgan fingerprint density at radius 3 is 2.85 bits per heavy atom. The van der Waals surface area contributed by atoms with Gasteiger partial charge in [-0.3, -0.25) is 10.1 Å². The van der Waals surface area contributed by atoms with Gasteiger partial charge in [0.2, 0.25) is 11.9 Å². The van der Waals surface area contributed by atoms with Crippen LogP contribution < -0.4 is 19.5 Å². The molecular weight excluding hydrogens is 354 g/mol. The molecule has 2 heterocycles. The summed E-state index contributed by atoms with van der Waals surface area (Å²) < 4.78 is 16.2. The molecule has 1 amide bonds. The molecule has 26 heavy (non-hydrogen) atoms. The first-order valence-corrected chi connectivity index (χ1v) is 8.81. The van der Waals surface area contributed by atoms with Crippen molar-refractivity contribution in [1.29, 1.82) is 0 Å². The Balaban J connectivity index is 1.32. The van der Waals surface area contributed by atoms with E-state index >= 15 is 0 Å². The summed E-state index contributed by atoms with van der Waals surface area (Å²) in [5.41, 5.74) is 0.471. The van der Waals surface area contributed by atoms with Crippen LogP contribution in [0.3, 0.4) is 0 Å². The van der Waals surface area contributed by atoms with Crippen LogP contribution in [0.4, 0.5) is 5.13 Å². The molecule has 7 nitrogen and oxygen atoms in total. The topological polar surface area (TPSA) is 82.6 Å². The van der Waals surface area contributed by atoms with Crippen LogP contribution in [0, 0.1) is 0 Å². The molecule has 4 rings (SSSR count). The third-order valence-electron chi connectivity index (χ3n) is 3.65. The number of para-hydroxylation sites is 1. The molecule has 0 aliphatic carbocycles. The average molecular weight is 369 g/mol. The molecule has 1 aliphatic rings. The van der Waals surface area contributed by atoms with Gasteiger partial charge in [-0.2, -0.15) is 0 Å². The monoisotopic (exact) mass is 369 g/mol. The molecule has 2 aromatic carbocycles. The summed E-state index contributed by atoms with van der Waals surface area (Å²) >= 11 is 1.33. The number of ether oxygens (including phenoxy) is 3. The fraction of sp³-hybridized carbons (Fsp3) is 0.167. The highest BCUT2D eigenvalue weighted by Gasteiger charge is 2.17. The molecule has 0 saturated carbocycles. The second-order valence-electron chi connectivity index (χ2n) is 5.43. The van der Waals surface area contributed by atoms with E-state index in [1.807, 2.05) is 30.3 Å².